The van der Waals surface area contributed by atoms with Gasteiger partial charge in [0.05, 0.1) is 0 Å². The summed E-state index contributed by atoms with van der Waals surface area (Å²) in [5, 5.41) is 9.91. The first-order chi connectivity index (χ1) is 37.8. The van der Waals surface area contributed by atoms with Crippen LogP contribution in [0.25, 0.3) is 0 Å². The monoisotopic (exact) mass is 1240 g/mol. The summed E-state index contributed by atoms with van der Waals surface area (Å²) in [6, 6.07) is 12.2. The number of piperazine rings is 2. The highest BCUT2D eigenvalue weighted by Gasteiger charge is 2.61. The van der Waals surface area contributed by atoms with Crippen LogP contribution in [-0.4, -0.2) is 191 Å². The summed E-state index contributed by atoms with van der Waals surface area (Å²) in [6.07, 6.45) is -35.7. The molecule has 0 aromatic heterocycles. The first-order valence-electron chi connectivity index (χ1n) is 25.0. The van der Waals surface area contributed by atoms with Gasteiger partial charge in [0.15, 0.2) is 6.29 Å². The highest BCUT2D eigenvalue weighted by molar-refractivity contribution is 5.85. The third-order valence-electron chi connectivity index (χ3n) is 11.9. The van der Waals surface area contributed by atoms with Crippen molar-refractivity contribution in [2.45, 2.75) is 123 Å². The van der Waals surface area contributed by atoms with Crippen LogP contribution in [0, 0.1) is 13.8 Å². The number of hydrogen-bond acceptors (Lipinski definition) is 12. The molecule has 5 saturated heterocycles. The minimum atomic E-state index is -5.72. The lowest BCUT2D eigenvalue weighted by molar-refractivity contribution is -0.309. The van der Waals surface area contributed by atoms with Gasteiger partial charge >= 0.3 is 55.2 Å². The second kappa shape index (κ2) is 33.5. The number of ether oxygens (including phenoxy) is 3. The van der Waals surface area contributed by atoms with Gasteiger partial charge in [-0.1, -0.05) is 25.6 Å². The Bertz CT molecular complexity index is 2240. The Labute approximate surface area is 466 Å². The number of anilines is 2. The molecule has 0 aliphatic carbocycles. The lowest BCUT2D eigenvalue weighted by Crippen LogP contribution is -2.52. The molecule has 2 N–H and O–H groups in total. The summed E-state index contributed by atoms with van der Waals surface area (Å²) in [7, 11) is 0. The summed E-state index contributed by atoms with van der Waals surface area (Å²) in [6.45, 7) is 12.5. The molecule has 83 heavy (non-hydrogen) atoms. The van der Waals surface area contributed by atoms with Gasteiger partial charge in [-0.25, -0.2) is 14.4 Å². The zero-order chi connectivity index (χ0) is 62.4. The minimum absolute atomic E-state index is 0. The number of amides is 2. The SMILES string of the molecule is C.C1CCOC1.CC(=O)C(F)(F)F.Cc1ccc(C=O)c(N2CCCC2)c1.Cc1ccc(CN2CCN(C(=O)OC(C(F)(F)F)C(F)(F)F)CC2)c(N2CCCC2)c1.O=C(O)C(F)(F)F.O=C(OC(C(F)(F)F)C(F)(F)F)N1CCNCC1. The Morgan fingerprint density at radius 1 is 0.566 bits per heavy atom. The molecule has 33 heteroatoms. The highest BCUT2D eigenvalue weighted by Crippen LogP contribution is 2.38. The van der Waals surface area contributed by atoms with Crippen LogP contribution in [0.5, 0.6) is 0 Å². The fourth-order valence-corrected chi connectivity index (χ4v) is 7.72. The fraction of sp³-hybridized carbons (Fsp3) is 0.660. The molecule has 2 aromatic carbocycles. The van der Waals surface area contributed by atoms with E-state index in [1.54, 1.807) is 0 Å². The van der Waals surface area contributed by atoms with Crippen LogP contribution in [0.3, 0.4) is 0 Å². The van der Waals surface area contributed by atoms with E-state index < -0.39 is 73.2 Å². The molecule has 7 rings (SSSR count). The van der Waals surface area contributed by atoms with E-state index in [1.807, 2.05) is 36.1 Å². The Hall–Kier alpha value is -5.99. The maximum absolute atomic E-state index is 12.6. The average molecular weight is 1240 g/mol. The number of carbonyl (C=O) groups excluding carboxylic acids is 4. The summed E-state index contributed by atoms with van der Waals surface area (Å²) in [5.41, 5.74) is 6.55. The Balaban J connectivity index is 0.000000561. The van der Waals surface area contributed by atoms with E-state index in [4.69, 9.17) is 14.6 Å². The molecule has 5 aliphatic rings. The number of halogens is 18. The zero-order valence-electron chi connectivity index (χ0n) is 44.3. The first-order valence-corrected chi connectivity index (χ1v) is 25.0. The molecule has 0 spiro atoms. The van der Waals surface area contributed by atoms with Crippen LogP contribution < -0.4 is 15.1 Å². The average Bonchev–Trinajstić information content (AvgIpc) is 4.25. The number of nitrogens with one attached hydrogen (secondary N) is 1. The molecule has 0 unspecified atom stereocenters. The predicted molar refractivity (Wildman–Crippen MR) is 264 cm³/mol. The third-order valence-corrected chi connectivity index (χ3v) is 11.9. The molecule has 0 saturated carbocycles. The quantitative estimate of drug-likeness (QED) is 0.199. The normalized spacial score (nSPS) is 17.0. The second-order valence-corrected chi connectivity index (χ2v) is 18.6. The van der Waals surface area contributed by atoms with Gasteiger partial charge in [0.2, 0.25) is 5.78 Å². The van der Waals surface area contributed by atoms with E-state index >= 15 is 0 Å². The number of carbonyl (C=O) groups is 5. The van der Waals surface area contributed by atoms with Crippen LogP contribution in [0.15, 0.2) is 36.4 Å². The number of Topliss-reactive ketones (excluding diaryl/α,β-unsaturated/α-hetero) is 1. The van der Waals surface area contributed by atoms with Crippen molar-refractivity contribution in [3.05, 3.63) is 58.7 Å². The molecular weight excluding hydrogens is 1170 g/mol. The van der Waals surface area contributed by atoms with Crippen LogP contribution in [-0.2, 0) is 30.3 Å². The van der Waals surface area contributed by atoms with Gasteiger partial charge in [0.1, 0.15) is 0 Å². The van der Waals surface area contributed by atoms with Crippen LogP contribution in [0.2, 0.25) is 0 Å². The molecule has 15 nitrogen and oxygen atoms in total. The van der Waals surface area contributed by atoms with Crippen molar-refractivity contribution in [1.82, 2.24) is 20.0 Å². The second-order valence-electron chi connectivity index (χ2n) is 18.6. The molecule has 0 radical (unpaired) electrons. The van der Waals surface area contributed by atoms with Crippen molar-refractivity contribution in [3.8, 4) is 0 Å². The van der Waals surface area contributed by atoms with Crippen molar-refractivity contribution in [2.24, 2.45) is 0 Å². The van der Waals surface area contributed by atoms with Gasteiger partial charge in [-0.3, -0.25) is 14.5 Å². The van der Waals surface area contributed by atoms with E-state index in [9.17, 15) is 98.2 Å². The number of aryl methyl sites for hydroxylation is 2. The maximum Gasteiger partial charge on any atom is 0.490 e. The molecule has 5 fully saturated rings. The number of rotatable bonds is 7. The molecule has 0 atom stereocenters. The van der Waals surface area contributed by atoms with Crippen LogP contribution in [0.4, 0.5) is 100.0 Å². The van der Waals surface area contributed by atoms with Crippen LogP contribution in [0.1, 0.15) is 79.9 Å². The summed E-state index contributed by atoms with van der Waals surface area (Å²) in [5.74, 6) is -4.51. The predicted octanol–water partition coefficient (Wildman–Crippen LogP) is 11.5. The Morgan fingerprint density at radius 2 is 0.928 bits per heavy atom. The fourth-order valence-electron chi connectivity index (χ4n) is 7.72. The van der Waals surface area contributed by atoms with Crippen molar-refractivity contribution in [1.29, 1.82) is 0 Å². The van der Waals surface area contributed by atoms with Crippen molar-refractivity contribution in [3.63, 3.8) is 0 Å². The van der Waals surface area contributed by atoms with Crippen molar-refractivity contribution < 1.29 is 122 Å². The number of carboxylic acids is 1. The van der Waals surface area contributed by atoms with Gasteiger partial charge in [-0.15, -0.1) is 0 Å². The van der Waals surface area contributed by atoms with Gasteiger partial charge in [-0.2, -0.15) is 79.0 Å². The van der Waals surface area contributed by atoms with E-state index in [-0.39, 0.29) is 46.7 Å². The topological polar surface area (TPSA) is 162 Å². The number of aliphatic carboxylic acids is 1. The van der Waals surface area contributed by atoms with Crippen LogP contribution >= 0.6 is 0 Å². The first kappa shape index (κ1) is 75.0. The number of nitrogens with zero attached hydrogens (tertiary/aromatic N) is 5. The lowest BCUT2D eigenvalue weighted by Gasteiger charge is -2.36. The van der Waals surface area contributed by atoms with Gasteiger partial charge in [0.25, 0.3) is 12.2 Å². The minimum Gasteiger partial charge on any atom is -0.475 e. The number of hydrogen-bond donors (Lipinski definition) is 2. The molecule has 2 aromatic rings. The maximum atomic E-state index is 12.6. The Kier molecular flexibility index (Phi) is 30.3. The number of alkyl halides is 18. The van der Waals surface area contributed by atoms with Gasteiger partial charge in [-0.05, 0) is 87.3 Å². The van der Waals surface area contributed by atoms with Crippen molar-refractivity contribution in [2.75, 3.05) is 102 Å². The number of ketones is 1. The molecule has 0 bridgehead atoms. The van der Waals surface area contributed by atoms with Crippen molar-refractivity contribution >= 4 is 41.6 Å². The number of benzene rings is 2. The smallest absolute Gasteiger partial charge is 0.475 e. The molecule has 2 amide bonds. The zero-order valence-corrected chi connectivity index (χ0v) is 44.3. The highest BCUT2D eigenvalue weighted by atomic mass is 19.4. The summed E-state index contributed by atoms with van der Waals surface area (Å²) in [4.78, 5) is 60.5. The van der Waals surface area contributed by atoms with E-state index in [0.29, 0.717) is 26.6 Å². The Morgan fingerprint density at radius 3 is 1.27 bits per heavy atom. The van der Waals surface area contributed by atoms with E-state index in [2.05, 4.69) is 43.6 Å². The molecule has 476 valence electrons. The molecule has 5 heterocycles. The van der Waals surface area contributed by atoms with E-state index in [1.165, 1.54) is 31.2 Å². The lowest BCUT2D eigenvalue weighted by atomic mass is 10.1. The molecule has 5 aliphatic heterocycles. The molecular formula is C50H66F18N6O9. The van der Waals surface area contributed by atoms with Gasteiger partial charge < -0.3 is 44.2 Å². The third kappa shape index (κ3) is 27.5. The summed E-state index contributed by atoms with van der Waals surface area (Å²) < 4.78 is 225. The number of carboxylic acid groups (broad SMARTS) is 1. The number of aldehydes is 1. The largest absolute Gasteiger partial charge is 0.490 e. The standard InChI is InChI=1S/C20H25F6N3O2.C12H15NO.C8H10F6N2O2.C4H8O.C3H3F3O.C2HF3O2.CH4/c1-14-4-5-15(16(12-14)28-6-2-3-7-28)13-27-8-10-29(11-9-27)18(30)31-17(19(21,22)23)20(24,25)26;1-10-4-5-11(9-14)12(8-10)13-6-2-3-7-13;9-7(10,11)5(8(12,13)14)18-6(17)16-3-1-15-2-4-16;1-2-4-5-3-1;1-2(7)3(4,5)6;3-2(4,5)1(6)7;/h4-5,12,17H,2-3,6-11,13H2,1H3;4-5,8-9H,2-3,6-7H2,1H3;5,15H,1-4H2;1-4H2;1H3;(H,6,7);1H4. The van der Waals surface area contributed by atoms with Gasteiger partial charge in [0, 0.05) is 122 Å². The summed E-state index contributed by atoms with van der Waals surface area (Å²) >= 11 is 0. The van der Waals surface area contributed by atoms with E-state index in [0.717, 1.165) is 96.4 Å².